The lowest BCUT2D eigenvalue weighted by Gasteiger charge is -2.31. The van der Waals surface area contributed by atoms with E-state index in [0.717, 1.165) is 61.9 Å². The topological polar surface area (TPSA) is 98.4 Å². The normalized spacial score (nSPS) is 22.3. The lowest BCUT2D eigenvalue weighted by atomic mass is 9.90. The van der Waals surface area contributed by atoms with E-state index in [0.29, 0.717) is 12.5 Å². The van der Waals surface area contributed by atoms with Crippen LogP contribution in [0, 0.1) is 17.8 Å². The first-order chi connectivity index (χ1) is 14.4. The van der Waals surface area contributed by atoms with Crippen molar-refractivity contribution in [1.29, 1.82) is 0 Å². The first kappa shape index (κ1) is 21.1. The highest BCUT2D eigenvalue weighted by molar-refractivity contribution is 7.90. The first-order valence-electron chi connectivity index (χ1n) is 10.8. The molecule has 0 N–H and O–H groups in total. The SMILES string of the molecule is CCCc1nc(N2CCC([C@H]3C[C@H]3CCOc3ccc(S(C)(=O)=O)cn3)CC2)no1. The molecule has 1 saturated carbocycles. The van der Waals surface area contributed by atoms with Crippen LogP contribution >= 0.6 is 0 Å². The van der Waals surface area contributed by atoms with Gasteiger partial charge in [0.2, 0.25) is 11.8 Å². The molecule has 0 spiro atoms. The van der Waals surface area contributed by atoms with Crippen LogP contribution in [0.3, 0.4) is 0 Å². The van der Waals surface area contributed by atoms with E-state index < -0.39 is 9.84 Å². The summed E-state index contributed by atoms with van der Waals surface area (Å²) in [6.07, 6.45) is 9.03. The van der Waals surface area contributed by atoms with E-state index in [1.807, 2.05) is 0 Å². The van der Waals surface area contributed by atoms with Crippen molar-refractivity contribution in [3.63, 3.8) is 0 Å². The molecule has 9 heteroatoms. The predicted molar refractivity (Wildman–Crippen MR) is 112 cm³/mol. The van der Waals surface area contributed by atoms with Gasteiger partial charge in [0.1, 0.15) is 0 Å². The summed E-state index contributed by atoms with van der Waals surface area (Å²) in [5.74, 6) is 4.23. The highest BCUT2D eigenvalue weighted by atomic mass is 32.2. The Bertz CT molecular complexity index is 936. The predicted octanol–water partition coefficient (Wildman–Crippen LogP) is 3.14. The molecule has 3 heterocycles. The number of nitrogens with zero attached hydrogens (tertiary/aromatic N) is 4. The van der Waals surface area contributed by atoms with Gasteiger partial charge < -0.3 is 14.2 Å². The van der Waals surface area contributed by atoms with Crippen molar-refractivity contribution < 1.29 is 17.7 Å². The summed E-state index contributed by atoms with van der Waals surface area (Å²) in [4.78, 5) is 11.1. The summed E-state index contributed by atoms with van der Waals surface area (Å²) >= 11 is 0. The molecule has 30 heavy (non-hydrogen) atoms. The zero-order chi connectivity index (χ0) is 21.1. The van der Waals surface area contributed by atoms with Crippen LogP contribution < -0.4 is 9.64 Å². The largest absolute Gasteiger partial charge is 0.478 e. The van der Waals surface area contributed by atoms with Crippen molar-refractivity contribution in [2.24, 2.45) is 17.8 Å². The Labute approximate surface area is 177 Å². The molecule has 0 amide bonds. The summed E-state index contributed by atoms with van der Waals surface area (Å²) in [7, 11) is -3.22. The second-order valence-corrected chi connectivity index (χ2v) is 10.5. The molecule has 2 fully saturated rings. The van der Waals surface area contributed by atoms with Gasteiger partial charge in [-0.1, -0.05) is 6.92 Å². The van der Waals surface area contributed by atoms with Gasteiger partial charge in [-0.3, -0.25) is 0 Å². The highest BCUT2D eigenvalue weighted by Gasteiger charge is 2.43. The van der Waals surface area contributed by atoms with Gasteiger partial charge in [-0.05, 0) is 61.1 Å². The van der Waals surface area contributed by atoms with Crippen LogP contribution in [0.1, 0.15) is 44.9 Å². The van der Waals surface area contributed by atoms with E-state index in [-0.39, 0.29) is 4.90 Å². The van der Waals surface area contributed by atoms with Gasteiger partial charge >= 0.3 is 0 Å². The molecule has 0 aromatic carbocycles. The average molecular weight is 435 g/mol. The number of hydrogen-bond acceptors (Lipinski definition) is 8. The number of rotatable bonds is 9. The van der Waals surface area contributed by atoms with Crippen LogP contribution in [-0.2, 0) is 16.3 Å². The zero-order valence-corrected chi connectivity index (χ0v) is 18.5. The molecule has 8 nitrogen and oxygen atoms in total. The lowest BCUT2D eigenvalue weighted by molar-refractivity contribution is 0.275. The van der Waals surface area contributed by atoms with Gasteiger partial charge in [0.15, 0.2) is 9.84 Å². The number of pyridine rings is 1. The number of hydrogen-bond donors (Lipinski definition) is 0. The number of sulfone groups is 1. The monoisotopic (exact) mass is 434 g/mol. The molecule has 4 rings (SSSR count). The molecular weight excluding hydrogens is 404 g/mol. The van der Waals surface area contributed by atoms with Crippen LogP contribution in [0.2, 0.25) is 0 Å². The number of ether oxygens (including phenoxy) is 1. The summed E-state index contributed by atoms with van der Waals surface area (Å²) < 4.78 is 34.0. The van der Waals surface area contributed by atoms with Crippen LogP contribution in [-0.4, -0.2) is 49.5 Å². The third-order valence-corrected chi connectivity index (χ3v) is 7.30. The van der Waals surface area contributed by atoms with Gasteiger partial charge in [-0.25, -0.2) is 13.4 Å². The van der Waals surface area contributed by atoms with Crippen molar-refractivity contribution in [3.05, 3.63) is 24.2 Å². The molecule has 0 bridgehead atoms. The zero-order valence-electron chi connectivity index (χ0n) is 17.7. The van der Waals surface area contributed by atoms with Gasteiger partial charge in [-0.2, -0.15) is 4.98 Å². The molecule has 1 aliphatic carbocycles. The van der Waals surface area contributed by atoms with Crippen molar-refractivity contribution in [3.8, 4) is 5.88 Å². The number of anilines is 1. The van der Waals surface area contributed by atoms with E-state index in [4.69, 9.17) is 9.26 Å². The molecule has 2 aromatic heterocycles. The van der Waals surface area contributed by atoms with E-state index in [9.17, 15) is 8.42 Å². The van der Waals surface area contributed by atoms with Crippen LogP contribution in [0.25, 0.3) is 0 Å². The maximum Gasteiger partial charge on any atom is 0.266 e. The minimum Gasteiger partial charge on any atom is -0.478 e. The third kappa shape index (κ3) is 5.11. The van der Waals surface area contributed by atoms with Crippen LogP contribution in [0.4, 0.5) is 5.95 Å². The Kier molecular flexibility index (Phi) is 6.26. The van der Waals surface area contributed by atoms with Crippen LogP contribution in [0.5, 0.6) is 5.88 Å². The summed E-state index contributed by atoms with van der Waals surface area (Å²) in [6, 6.07) is 3.17. The Balaban J connectivity index is 1.17. The Morgan fingerprint density at radius 1 is 1.27 bits per heavy atom. The Morgan fingerprint density at radius 2 is 2.07 bits per heavy atom. The molecule has 1 aliphatic heterocycles. The van der Waals surface area contributed by atoms with Gasteiger partial charge in [0.05, 0.1) is 11.5 Å². The fraction of sp³-hybridized carbons (Fsp3) is 0.667. The van der Waals surface area contributed by atoms with Gasteiger partial charge in [-0.15, -0.1) is 0 Å². The molecule has 0 radical (unpaired) electrons. The second kappa shape index (κ2) is 8.91. The summed E-state index contributed by atoms with van der Waals surface area (Å²) in [5.41, 5.74) is 0. The van der Waals surface area contributed by atoms with Crippen molar-refractivity contribution in [2.75, 3.05) is 30.9 Å². The van der Waals surface area contributed by atoms with E-state index >= 15 is 0 Å². The fourth-order valence-electron chi connectivity index (χ4n) is 4.38. The number of aromatic nitrogens is 3. The van der Waals surface area contributed by atoms with E-state index in [1.165, 1.54) is 31.7 Å². The molecule has 2 aromatic rings. The standard InChI is InChI=1S/C21H30N4O4S/c1-3-4-20-23-21(24-29-20)25-10-7-15(8-11-25)18-13-16(18)9-12-28-19-6-5-17(14-22-19)30(2,26)27/h5-6,14-16,18H,3-4,7-13H2,1-2H3/t16-,18-/m1/s1. The number of aryl methyl sites for hydroxylation is 1. The molecule has 2 aliphatic rings. The fourth-order valence-corrected chi connectivity index (χ4v) is 4.94. The van der Waals surface area contributed by atoms with Crippen molar-refractivity contribution in [1.82, 2.24) is 15.1 Å². The molecular formula is C21H30N4O4S. The molecule has 2 atom stereocenters. The van der Waals surface area contributed by atoms with E-state index in [2.05, 4.69) is 26.9 Å². The maximum absolute atomic E-state index is 11.5. The molecule has 0 unspecified atom stereocenters. The molecule has 164 valence electrons. The summed E-state index contributed by atoms with van der Waals surface area (Å²) in [6.45, 7) is 4.71. The quantitative estimate of drug-likeness (QED) is 0.594. The highest BCUT2D eigenvalue weighted by Crippen LogP contribution is 2.49. The lowest BCUT2D eigenvalue weighted by Crippen LogP contribution is -2.35. The number of piperidine rings is 1. The second-order valence-electron chi connectivity index (χ2n) is 8.46. The molecule has 1 saturated heterocycles. The average Bonchev–Trinajstić information content (AvgIpc) is 3.35. The van der Waals surface area contributed by atoms with Gasteiger partial charge in [0, 0.05) is 38.0 Å². The third-order valence-electron chi connectivity index (χ3n) is 6.20. The van der Waals surface area contributed by atoms with E-state index in [1.54, 1.807) is 12.1 Å². The van der Waals surface area contributed by atoms with Crippen molar-refractivity contribution in [2.45, 2.75) is 50.3 Å². The Morgan fingerprint density at radius 3 is 2.73 bits per heavy atom. The Hall–Kier alpha value is -2.16. The summed E-state index contributed by atoms with van der Waals surface area (Å²) in [5, 5.41) is 4.13. The maximum atomic E-state index is 11.5. The minimum atomic E-state index is -3.22. The smallest absolute Gasteiger partial charge is 0.266 e. The minimum absolute atomic E-state index is 0.214. The first-order valence-corrected chi connectivity index (χ1v) is 12.7. The van der Waals surface area contributed by atoms with Crippen molar-refractivity contribution >= 4 is 15.8 Å². The van der Waals surface area contributed by atoms with Crippen LogP contribution in [0.15, 0.2) is 27.7 Å². The van der Waals surface area contributed by atoms with Gasteiger partial charge in [0.25, 0.3) is 5.95 Å².